The van der Waals surface area contributed by atoms with Crippen LogP contribution in [0.2, 0.25) is 10.0 Å². The van der Waals surface area contributed by atoms with E-state index < -0.39 is 11.7 Å². The normalized spacial score (nSPS) is 10.8. The zero-order valence-electron chi connectivity index (χ0n) is 20.0. The zero-order valence-corrected chi connectivity index (χ0v) is 22.4. The van der Waals surface area contributed by atoms with E-state index in [9.17, 15) is 4.79 Å². The van der Waals surface area contributed by atoms with E-state index in [-0.39, 0.29) is 50.9 Å². The molecule has 0 atom stereocenters. The average Bonchev–Trinajstić information content (AvgIpc) is 3.54. The molecule has 39 heavy (non-hydrogen) atoms. The van der Waals surface area contributed by atoms with Crippen LogP contribution in [0.25, 0.3) is 21.3 Å². The molecular weight excluding hydrogens is 564 g/mol. The number of hydrogen-bond acceptors (Lipinski definition) is 8. The third-order valence-electron chi connectivity index (χ3n) is 5.57. The van der Waals surface area contributed by atoms with E-state index >= 15 is 4.39 Å². The molecule has 0 radical (unpaired) electrons. The summed E-state index contributed by atoms with van der Waals surface area (Å²) in [6, 6.07) is 16.2. The molecule has 0 aliphatic rings. The first-order chi connectivity index (χ1) is 18.7. The summed E-state index contributed by atoms with van der Waals surface area (Å²) < 4.78 is 26.9. The monoisotopic (exact) mass is 579 g/mol. The van der Waals surface area contributed by atoms with Gasteiger partial charge < -0.3 is 14.9 Å². The summed E-state index contributed by atoms with van der Waals surface area (Å²) in [7, 11) is 0. The maximum atomic E-state index is 15.4. The van der Waals surface area contributed by atoms with E-state index in [1.165, 1.54) is 41.7 Å². The molecule has 0 unspecified atom stereocenters. The Kier molecular flexibility index (Phi) is 7.30. The minimum atomic E-state index is -0.722. The molecule has 0 aliphatic heterocycles. The fourth-order valence-corrected chi connectivity index (χ4v) is 5.22. The van der Waals surface area contributed by atoms with Gasteiger partial charge in [0.15, 0.2) is 11.6 Å². The molecule has 2 aromatic heterocycles. The molecule has 5 aromatic rings. The number of benzene rings is 3. The van der Waals surface area contributed by atoms with Gasteiger partial charge in [-0.1, -0.05) is 47.5 Å². The van der Waals surface area contributed by atoms with Crippen LogP contribution in [0.15, 0.2) is 59.0 Å². The minimum Gasteiger partial charge on any atom is -0.453 e. The molecule has 0 saturated carbocycles. The van der Waals surface area contributed by atoms with Crippen LogP contribution in [0.3, 0.4) is 0 Å². The number of amides is 1. The van der Waals surface area contributed by atoms with Gasteiger partial charge in [-0.25, -0.2) is 9.37 Å². The maximum Gasteiger partial charge on any atom is 0.259 e. The summed E-state index contributed by atoms with van der Waals surface area (Å²) in [5.74, 6) is -0.993. The number of carbonyl (C=O) groups is 1. The van der Waals surface area contributed by atoms with Gasteiger partial charge in [-0.05, 0) is 37.3 Å². The second kappa shape index (κ2) is 10.8. The van der Waals surface area contributed by atoms with Gasteiger partial charge in [0.25, 0.3) is 5.89 Å². The third-order valence-corrected chi connectivity index (χ3v) is 7.27. The van der Waals surface area contributed by atoms with Crippen molar-refractivity contribution in [1.29, 1.82) is 5.26 Å². The summed E-state index contributed by atoms with van der Waals surface area (Å²) in [6.07, 6.45) is -0.0411. The standard InChI is InChI=1S/C27H16Cl2FN5O3S/c1-13-24(39-27(33-13)19-5-3-2-4-18(19)25(32)36)26-35-34-21(38-26)10-15-6-7-20(29)23(22(15)30)37-17-9-14(12-31)8-16(28)11-17/h2-9,11H,10H2,1H3,(H2,32,36). The molecule has 5 rings (SSSR count). The molecule has 3 aromatic carbocycles. The Hall–Kier alpha value is -4.30. The molecule has 2 heterocycles. The Balaban J connectivity index is 1.41. The number of nitrogens with zero attached hydrogens (tertiary/aromatic N) is 4. The van der Waals surface area contributed by atoms with Gasteiger partial charge in [0.05, 0.1) is 28.8 Å². The summed E-state index contributed by atoms with van der Waals surface area (Å²) in [6.45, 7) is 1.78. The Morgan fingerprint density at radius 1 is 1.18 bits per heavy atom. The number of primary amides is 1. The molecular formula is C27H16Cl2FN5O3S. The van der Waals surface area contributed by atoms with Gasteiger partial charge in [0.1, 0.15) is 15.6 Å². The first-order valence-electron chi connectivity index (χ1n) is 11.3. The highest BCUT2D eigenvalue weighted by Crippen LogP contribution is 2.38. The topological polar surface area (TPSA) is 128 Å². The summed E-state index contributed by atoms with van der Waals surface area (Å²) in [5, 5.41) is 18.2. The van der Waals surface area contributed by atoms with Crippen molar-refractivity contribution in [1.82, 2.24) is 15.2 Å². The number of rotatable bonds is 7. The highest BCUT2D eigenvalue weighted by Gasteiger charge is 2.22. The molecule has 0 spiro atoms. The van der Waals surface area contributed by atoms with Crippen LogP contribution >= 0.6 is 34.5 Å². The molecule has 8 nitrogen and oxygen atoms in total. The van der Waals surface area contributed by atoms with Crippen molar-refractivity contribution in [3.63, 3.8) is 0 Å². The summed E-state index contributed by atoms with van der Waals surface area (Å²) >= 11 is 13.5. The lowest BCUT2D eigenvalue weighted by Crippen LogP contribution is -2.12. The first kappa shape index (κ1) is 26.3. The molecule has 194 valence electrons. The van der Waals surface area contributed by atoms with Crippen LogP contribution in [0.1, 0.15) is 33.1 Å². The predicted molar refractivity (Wildman–Crippen MR) is 145 cm³/mol. The number of nitrogens with two attached hydrogens (primary N) is 1. The Morgan fingerprint density at radius 2 is 1.97 bits per heavy atom. The van der Waals surface area contributed by atoms with Crippen molar-refractivity contribution in [3.05, 3.63) is 98.7 Å². The van der Waals surface area contributed by atoms with Crippen LogP contribution in [-0.2, 0) is 6.42 Å². The highest BCUT2D eigenvalue weighted by molar-refractivity contribution is 7.18. The number of aryl methyl sites for hydroxylation is 1. The number of aromatic nitrogens is 3. The number of thiazole rings is 1. The fourth-order valence-electron chi connectivity index (χ4n) is 3.78. The lowest BCUT2D eigenvalue weighted by atomic mass is 10.1. The van der Waals surface area contributed by atoms with E-state index in [0.717, 1.165) is 0 Å². The number of nitriles is 1. The molecule has 2 N–H and O–H groups in total. The maximum absolute atomic E-state index is 15.4. The predicted octanol–water partition coefficient (Wildman–Crippen LogP) is 6.97. The van der Waals surface area contributed by atoms with Gasteiger partial charge in [0, 0.05) is 21.7 Å². The van der Waals surface area contributed by atoms with Crippen molar-refractivity contribution in [2.45, 2.75) is 13.3 Å². The molecule has 0 fully saturated rings. The van der Waals surface area contributed by atoms with Crippen molar-refractivity contribution in [3.8, 4) is 38.9 Å². The second-order valence-corrected chi connectivity index (χ2v) is 10.1. The third kappa shape index (κ3) is 5.47. The van der Waals surface area contributed by atoms with Crippen LogP contribution in [0, 0.1) is 24.1 Å². The van der Waals surface area contributed by atoms with E-state index in [4.69, 9.17) is 43.4 Å². The average molecular weight is 580 g/mol. The first-order valence-corrected chi connectivity index (χ1v) is 12.9. The van der Waals surface area contributed by atoms with Gasteiger partial charge in [0.2, 0.25) is 11.8 Å². The molecule has 12 heteroatoms. The number of hydrogen-bond donors (Lipinski definition) is 1. The van der Waals surface area contributed by atoms with Crippen molar-refractivity contribution < 1.29 is 18.3 Å². The SMILES string of the molecule is Cc1nc(-c2ccccc2C(N)=O)sc1-c1nnc(Cc2ccc(Cl)c(Oc3cc(Cl)cc(C#N)c3)c2F)o1. The van der Waals surface area contributed by atoms with E-state index in [2.05, 4.69) is 15.2 Å². The van der Waals surface area contributed by atoms with Crippen molar-refractivity contribution in [2.24, 2.45) is 5.73 Å². The smallest absolute Gasteiger partial charge is 0.259 e. The lowest BCUT2D eigenvalue weighted by molar-refractivity contribution is 0.100. The van der Waals surface area contributed by atoms with E-state index in [0.29, 0.717) is 26.7 Å². The summed E-state index contributed by atoms with van der Waals surface area (Å²) in [4.78, 5) is 17.0. The van der Waals surface area contributed by atoms with Gasteiger partial charge >= 0.3 is 0 Å². The van der Waals surface area contributed by atoms with Crippen molar-refractivity contribution in [2.75, 3.05) is 0 Å². The second-order valence-electron chi connectivity index (χ2n) is 8.26. The lowest BCUT2D eigenvalue weighted by Gasteiger charge is -2.11. The van der Waals surface area contributed by atoms with Crippen molar-refractivity contribution >= 4 is 40.4 Å². The number of halogens is 3. The molecule has 1 amide bonds. The summed E-state index contributed by atoms with van der Waals surface area (Å²) in [5.41, 5.74) is 7.53. The molecule has 0 aliphatic carbocycles. The Labute approximate surface area is 235 Å². The quantitative estimate of drug-likeness (QED) is 0.220. The van der Waals surface area contributed by atoms with Crippen LogP contribution in [0.4, 0.5) is 4.39 Å². The van der Waals surface area contributed by atoms with Gasteiger partial charge in [-0.3, -0.25) is 4.79 Å². The minimum absolute atomic E-state index is 0.0324. The van der Waals surface area contributed by atoms with Gasteiger partial charge in [-0.15, -0.1) is 21.5 Å². The van der Waals surface area contributed by atoms with E-state index in [1.807, 2.05) is 6.07 Å². The fraction of sp³-hybridized carbons (Fsp3) is 0.0741. The number of carbonyl (C=O) groups excluding carboxylic acids is 1. The largest absolute Gasteiger partial charge is 0.453 e. The Morgan fingerprint density at radius 3 is 2.74 bits per heavy atom. The highest BCUT2D eigenvalue weighted by atomic mass is 35.5. The van der Waals surface area contributed by atoms with Gasteiger partial charge in [-0.2, -0.15) is 5.26 Å². The Bertz CT molecular complexity index is 1780. The zero-order chi connectivity index (χ0) is 27.7. The van der Waals surface area contributed by atoms with E-state index in [1.54, 1.807) is 31.2 Å². The molecule has 0 saturated heterocycles. The van der Waals surface area contributed by atoms with Crippen LogP contribution < -0.4 is 10.5 Å². The van der Waals surface area contributed by atoms with Crippen LogP contribution in [0.5, 0.6) is 11.5 Å². The van der Waals surface area contributed by atoms with Crippen LogP contribution in [-0.4, -0.2) is 21.1 Å². The number of ether oxygens (including phenoxy) is 1. The molecule has 0 bridgehead atoms.